The molecule has 0 bridgehead atoms. The molecule has 8 heteroatoms. The molecule has 0 spiro atoms. The molecule has 1 aromatic carbocycles. The number of para-hydroxylation sites is 1. The van der Waals surface area contributed by atoms with Crippen molar-refractivity contribution in [2.75, 3.05) is 38.5 Å². The molecule has 1 aromatic heterocycles. The van der Waals surface area contributed by atoms with Crippen molar-refractivity contribution in [3.05, 3.63) is 52.2 Å². The van der Waals surface area contributed by atoms with Gasteiger partial charge in [0.25, 0.3) is 5.91 Å². The third kappa shape index (κ3) is 5.06. The second-order valence-corrected chi connectivity index (χ2v) is 9.18. The van der Waals surface area contributed by atoms with Crippen LogP contribution in [0.3, 0.4) is 0 Å². The number of aryl methyl sites for hydroxylation is 1. The van der Waals surface area contributed by atoms with Crippen molar-refractivity contribution >= 4 is 27.4 Å². The number of piperazine rings is 1. The number of amides is 1. The lowest BCUT2D eigenvalue weighted by molar-refractivity contribution is 0.0648. The maximum absolute atomic E-state index is 12.4. The second-order valence-electron chi connectivity index (χ2n) is 6.20. The van der Waals surface area contributed by atoms with Crippen LogP contribution in [-0.2, 0) is 10.1 Å². The van der Waals surface area contributed by atoms with Gasteiger partial charge in [0.15, 0.2) is 0 Å². The minimum atomic E-state index is -3.62. The normalized spacial score (nSPS) is 15.8. The summed E-state index contributed by atoms with van der Waals surface area (Å²) in [5.74, 6) is 0.317. The molecule has 0 atom stereocenters. The van der Waals surface area contributed by atoms with Gasteiger partial charge in [-0.1, -0.05) is 18.2 Å². The largest absolute Gasteiger partial charge is 0.382 e. The van der Waals surface area contributed by atoms with Crippen LogP contribution in [0.5, 0.6) is 5.75 Å². The zero-order chi connectivity index (χ0) is 18.6. The highest BCUT2D eigenvalue weighted by Crippen LogP contribution is 2.18. The highest BCUT2D eigenvalue weighted by molar-refractivity contribution is 7.87. The number of carbonyl (C=O) groups is 1. The fourth-order valence-electron chi connectivity index (χ4n) is 2.79. The van der Waals surface area contributed by atoms with Gasteiger partial charge in [-0.05, 0) is 31.2 Å². The Balaban J connectivity index is 1.46. The molecule has 1 aliphatic heterocycles. The van der Waals surface area contributed by atoms with E-state index in [4.69, 9.17) is 4.18 Å². The molecule has 0 aliphatic carbocycles. The number of hydrogen-bond donors (Lipinski definition) is 0. The summed E-state index contributed by atoms with van der Waals surface area (Å²) in [6.07, 6.45) is 0. The fraction of sp³-hybridized carbons (Fsp3) is 0.389. The molecule has 0 saturated carbocycles. The Morgan fingerprint density at radius 2 is 1.77 bits per heavy atom. The van der Waals surface area contributed by atoms with Crippen LogP contribution in [0.2, 0.25) is 0 Å². The van der Waals surface area contributed by atoms with Crippen LogP contribution in [0.4, 0.5) is 0 Å². The maximum Gasteiger partial charge on any atom is 0.310 e. The second kappa shape index (κ2) is 8.20. The van der Waals surface area contributed by atoms with Crippen LogP contribution in [0.25, 0.3) is 0 Å². The van der Waals surface area contributed by atoms with E-state index in [-0.39, 0.29) is 11.7 Å². The van der Waals surface area contributed by atoms with Gasteiger partial charge in [0.05, 0.1) is 10.6 Å². The molecule has 2 heterocycles. The van der Waals surface area contributed by atoms with Gasteiger partial charge in [-0.25, -0.2) is 0 Å². The summed E-state index contributed by atoms with van der Waals surface area (Å²) in [7, 11) is -3.62. The van der Waals surface area contributed by atoms with Crippen molar-refractivity contribution in [2.45, 2.75) is 6.92 Å². The van der Waals surface area contributed by atoms with Crippen molar-refractivity contribution in [3.8, 4) is 5.75 Å². The van der Waals surface area contributed by atoms with Crippen molar-refractivity contribution in [2.24, 2.45) is 0 Å². The topological polar surface area (TPSA) is 66.9 Å². The minimum Gasteiger partial charge on any atom is -0.382 e. The average Bonchev–Trinajstić information content (AvgIpc) is 3.07. The van der Waals surface area contributed by atoms with Gasteiger partial charge in [0, 0.05) is 37.6 Å². The van der Waals surface area contributed by atoms with Gasteiger partial charge in [-0.3, -0.25) is 9.69 Å². The molecular weight excluding hydrogens is 372 g/mol. The summed E-state index contributed by atoms with van der Waals surface area (Å²) in [6, 6.07) is 12.3. The monoisotopic (exact) mass is 394 g/mol. The first kappa shape index (κ1) is 18.9. The summed E-state index contributed by atoms with van der Waals surface area (Å²) >= 11 is 1.50. The van der Waals surface area contributed by atoms with Gasteiger partial charge in [-0.2, -0.15) is 8.42 Å². The third-order valence-electron chi connectivity index (χ3n) is 4.23. The molecule has 1 fully saturated rings. The number of carbonyl (C=O) groups excluding carboxylic acids is 1. The average molecular weight is 395 g/mol. The lowest BCUT2D eigenvalue weighted by Crippen LogP contribution is -2.49. The van der Waals surface area contributed by atoms with Crippen LogP contribution in [-0.4, -0.2) is 62.6 Å². The van der Waals surface area contributed by atoms with Crippen molar-refractivity contribution in [3.63, 3.8) is 0 Å². The van der Waals surface area contributed by atoms with E-state index in [9.17, 15) is 13.2 Å². The summed E-state index contributed by atoms with van der Waals surface area (Å²) < 4.78 is 29.3. The number of hydrogen-bond acceptors (Lipinski definition) is 6. The molecule has 140 valence electrons. The third-order valence-corrected chi connectivity index (χ3v) is 6.35. The van der Waals surface area contributed by atoms with E-state index in [1.54, 1.807) is 30.3 Å². The molecule has 1 aliphatic rings. The van der Waals surface area contributed by atoms with Gasteiger partial charge in [-0.15, -0.1) is 11.3 Å². The predicted octanol–water partition coefficient (Wildman–Crippen LogP) is 2.22. The van der Waals surface area contributed by atoms with Crippen LogP contribution in [0.15, 0.2) is 42.5 Å². The van der Waals surface area contributed by atoms with E-state index < -0.39 is 10.1 Å². The molecule has 6 nitrogen and oxygen atoms in total. The molecule has 1 amide bonds. The van der Waals surface area contributed by atoms with Crippen LogP contribution in [0, 0.1) is 6.92 Å². The first-order chi connectivity index (χ1) is 12.4. The molecular formula is C18H22N2O4S2. The predicted molar refractivity (Wildman–Crippen MR) is 102 cm³/mol. The fourth-order valence-corrected chi connectivity index (χ4v) is 4.59. The molecule has 1 saturated heterocycles. The van der Waals surface area contributed by atoms with Crippen LogP contribution >= 0.6 is 11.3 Å². The van der Waals surface area contributed by atoms with Gasteiger partial charge in [0.1, 0.15) is 5.75 Å². The zero-order valence-corrected chi connectivity index (χ0v) is 16.3. The van der Waals surface area contributed by atoms with E-state index in [2.05, 4.69) is 4.90 Å². The van der Waals surface area contributed by atoms with E-state index in [1.807, 2.05) is 24.0 Å². The Morgan fingerprint density at radius 3 is 2.38 bits per heavy atom. The smallest absolute Gasteiger partial charge is 0.310 e. The Labute approximate surface area is 158 Å². The quantitative estimate of drug-likeness (QED) is 0.703. The van der Waals surface area contributed by atoms with Crippen LogP contribution < -0.4 is 4.18 Å². The van der Waals surface area contributed by atoms with E-state index in [1.165, 1.54) is 11.3 Å². The highest BCUT2D eigenvalue weighted by Gasteiger charge is 2.24. The van der Waals surface area contributed by atoms with Crippen molar-refractivity contribution < 1.29 is 17.4 Å². The Kier molecular flexibility index (Phi) is 5.95. The van der Waals surface area contributed by atoms with Crippen molar-refractivity contribution in [1.29, 1.82) is 0 Å². The number of nitrogens with zero attached hydrogens (tertiary/aromatic N) is 2. The first-order valence-corrected chi connectivity index (χ1v) is 10.9. The van der Waals surface area contributed by atoms with Crippen molar-refractivity contribution in [1.82, 2.24) is 9.80 Å². The summed E-state index contributed by atoms with van der Waals surface area (Å²) in [5, 5.41) is 0. The van der Waals surface area contributed by atoms with E-state index >= 15 is 0 Å². The molecule has 0 radical (unpaired) electrons. The van der Waals surface area contributed by atoms with Crippen LogP contribution in [0.1, 0.15) is 14.5 Å². The van der Waals surface area contributed by atoms with Gasteiger partial charge in [0.2, 0.25) is 0 Å². The standard InChI is InChI=1S/C18H22N2O4S2/c1-15-7-8-17(25-15)18(21)20-11-9-19(10-12-20)13-14-26(22,23)24-16-5-3-2-4-6-16/h2-8H,9-14H2,1H3. The van der Waals surface area contributed by atoms with Gasteiger partial charge < -0.3 is 9.08 Å². The highest BCUT2D eigenvalue weighted by atomic mass is 32.2. The minimum absolute atomic E-state index is 0.0581. The molecule has 2 aromatic rings. The lowest BCUT2D eigenvalue weighted by atomic mass is 10.3. The number of rotatable bonds is 6. The zero-order valence-electron chi connectivity index (χ0n) is 14.6. The summed E-state index contributed by atoms with van der Waals surface area (Å²) in [4.78, 5) is 18.2. The molecule has 0 N–H and O–H groups in total. The number of thiophene rings is 1. The summed E-state index contributed by atoms with van der Waals surface area (Å²) in [6.45, 7) is 4.92. The summed E-state index contributed by atoms with van der Waals surface area (Å²) in [5.41, 5.74) is 0. The first-order valence-electron chi connectivity index (χ1n) is 8.48. The maximum atomic E-state index is 12.4. The van der Waals surface area contributed by atoms with Gasteiger partial charge >= 0.3 is 10.1 Å². The SMILES string of the molecule is Cc1ccc(C(=O)N2CCN(CCS(=O)(=O)Oc3ccccc3)CC2)s1. The number of benzene rings is 1. The molecule has 0 unspecified atom stereocenters. The Bertz CT molecular complexity index is 841. The van der Waals surface area contributed by atoms with E-state index in [0.717, 1.165) is 9.75 Å². The lowest BCUT2D eigenvalue weighted by Gasteiger charge is -2.34. The Morgan fingerprint density at radius 1 is 1.08 bits per heavy atom. The molecule has 26 heavy (non-hydrogen) atoms. The Hall–Kier alpha value is -1.90. The van der Waals surface area contributed by atoms with E-state index in [0.29, 0.717) is 38.5 Å². The molecule has 3 rings (SSSR count).